The molecule has 8 heteroatoms. The summed E-state index contributed by atoms with van der Waals surface area (Å²) >= 11 is 0. The molecule has 1 rings (SSSR count). The van der Waals surface area contributed by atoms with E-state index in [0.717, 1.165) is 11.2 Å². The van der Waals surface area contributed by atoms with Gasteiger partial charge >= 0.3 is 12.1 Å². The molecule has 0 unspecified atom stereocenters. The van der Waals surface area contributed by atoms with Gasteiger partial charge in [0.1, 0.15) is 18.2 Å². The second-order valence-electron chi connectivity index (χ2n) is 2.91. The number of rotatable bonds is 4. The normalized spacial score (nSPS) is 11.8. The first kappa shape index (κ1) is 11.9. The third kappa shape index (κ3) is 2.89. The highest BCUT2D eigenvalue weighted by Crippen LogP contribution is 2.08. The summed E-state index contributed by atoms with van der Waals surface area (Å²) in [5.74, 6) is -1.19. The van der Waals surface area contributed by atoms with E-state index in [4.69, 9.17) is 15.9 Å². The van der Waals surface area contributed by atoms with Crippen LogP contribution in [0.2, 0.25) is 0 Å². The number of anilines is 1. The molecule has 1 atom stereocenters. The highest BCUT2D eigenvalue weighted by atomic mass is 16.4. The number of carboxylic acid groups (broad SMARTS) is 2. The molecule has 0 fully saturated rings. The lowest BCUT2D eigenvalue weighted by Gasteiger charge is -2.19. The molecule has 0 aliphatic carbocycles. The predicted molar refractivity (Wildman–Crippen MR) is 53.0 cm³/mol. The van der Waals surface area contributed by atoms with Gasteiger partial charge in [-0.25, -0.2) is 14.8 Å². The van der Waals surface area contributed by atoms with Crippen molar-refractivity contribution in [3.05, 3.63) is 18.6 Å². The van der Waals surface area contributed by atoms with Gasteiger partial charge in [-0.3, -0.25) is 9.69 Å². The maximum absolute atomic E-state index is 10.9. The SMILES string of the molecule is N[C@@H](CN(C(=O)O)c1ccncn1)C(=O)O. The molecule has 16 heavy (non-hydrogen) atoms. The average Bonchev–Trinajstić information content (AvgIpc) is 2.26. The van der Waals surface area contributed by atoms with Crippen LogP contribution >= 0.6 is 0 Å². The molecule has 1 aromatic rings. The number of carbonyl (C=O) groups is 2. The van der Waals surface area contributed by atoms with Crippen molar-refractivity contribution >= 4 is 17.9 Å². The van der Waals surface area contributed by atoms with Crippen molar-refractivity contribution in [2.24, 2.45) is 5.73 Å². The number of aliphatic carboxylic acids is 1. The minimum absolute atomic E-state index is 0.0826. The standard InChI is InChI=1S/C8H10N4O4/c9-5(7(13)14)3-12(8(15)16)6-1-2-10-4-11-6/h1-2,4-5H,3,9H2,(H,13,14)(H,15,16)/t5-/m0/s1. The van der Waals surface area contributed by atoms with Crippen molar-refractivity contribution in [3.63, 3.8) is 0 Å². The Morgan fingerprint density at radius 2 is 2.19 bits per heavy atom. The van der Waals surface area contributed by atoms with Crippen molar-refractivity contribution in [1.29, 1.82) is 0 Å². The molecule has 86 valence electrons. The Bertz CT molecular complexity index is 383. The summed E-state index contributed by atoms with van der Waals surface area (Å²) in [7, 11) is 0. The minimum Gasteiger partial charge on any atom is -0.480 e. The Balaban J connectivity index is 2.85. The van der Waals surface area contributed by atoms with E-state index < -0.39 is 18.1 Å². The third-order valence-electron chi connectivity index (χ3n) is 1.77. The fraction of sp³-hybridized carbons (Fsp3) is 0.250. The van der Waals surface area contributed by atoms with E-state index in [1.807, 2.05) is 0 Å². The van der Waals surface area contributed by atoms with Crippen LogP contribution in [0, 0.1) is 0 Å². The van der Waals surface area contributed by atoms with Crippen LogP contribution in [0.15, 0.2) is 18.6 Å². The molecule has 0 aromatic carbocycles. The largest absolute Gasteiger partial charge is 0.480 e. The van der Waals surface area contributed by atoms with Gasteiger partial charge in [-0.1, -0.05) is 0 Å². The molecule has 0 bridgehead atoms. The number of amides is 1. The number of aromatic nitrogens is 2. The number of hydrogen-bond acceptors (Lipinski definition) is 5. The molecule has 1 aromatic heterocycles. The molecule has 0 saturated heterocycles. The van der Waals surface area contributed by atoms with Crippen LogP contribution < -0.4 is 10.6 Å². The lowest BCUT2D eigenvalue weighted by molar-refractivity contribution is -0.138. The molecular formula is C8H10N4O4. The third-order valence-corrected chi connectivity index (χ3v) is 1.77. The van der Waals surface area contributed by atoms with E-state index in [0.29, 0.717) is 0 Å². The van der Waals surface area contributed by atoms with Crippen LogP contribution in [0.1, 0.15) is 0 Å². The molecular weight excluding hydrogens is 216 g/mol. The van der Waals surface area contributed by atoms with Gasteiger partial charge < -0.3 is 15.9 Å². The molecule has 1 heterocycles. The van der Waals surface area contributed by atoms with E-state index in [1.54, 1.807) is 0 Å². The average molecular weight is 226 g/mol. The van der Waals surface area contributed by atoms with Crippen LogP contribution in [-0.2, 0) is 4.79 Å². The Morgan fingerprint density at radius 3 is 2.62 bits per heavy atom. The maximum Gasteiger partial charge on any atom is 0.413 e. The lowest BCUT2D eigenvalue weighted by atomic mass is 10.3. The van der Waals surface area contributed by atoms with E-state index in [9.17, 15) is 9.59 Å². The van der Waals surface area contributed by atoms with Crippen LogP contribution in [0.3, 0.4) is 0 Å². The first-order chi connectivity index (χ1) is 7.52. The molecule has 0 aliphatic heterocycles. The fourth-order valence-electron chi connectivity index (χ4n) is 0.988. The topological polar surface area (TPSA) is 130 Å². The Hall–Kier alpha value is -2.22. The monoisotopic (exact) mass is 226 g/mol. The predicted octanol–water partition coefficient (Wildman–Crippen LogP) is -0.627. The van der Waals surface area contributed by atoms with Gasteiger partial charge in [-0.2, -0.15) is 0 Å². The summed E-state index contributed by atoms with van der Waals surface area (Å²) in [4.78, 5) is 29.5. The highest BCUT2D eigenvalue weighted by Gasteiger charge is 2.22. The molecule has 4 N–H and O–H groups in total. The van der Waals surface area contributed by atoms with Crippen LogP contribution in [0.4, 0.5) is 10.6 Å². The zero-order valence-electron chi connectivity index (χ0n) is 8.15. The van der Waals surface area contributed by atoms with Crippen LogP contribution in [0.5, 0.6) is 0 Å². The lowest BCUT2D eigenvalue weighted by Crippen LogP contribution is -2.45. The van der Waals surface area contributed by atoms with E-state index >= 15 is 0 Å². The summed E-state index contributed by atoms with van der Waals surface area (Å²) in [5, 5.41) is 17.5. The highest BCUT2D eigenvalue weighted by molar-refractivity contribution is 5.86. The van der Waals surface area contributed by atoms with Gasteiger partial charge in [-0.05, 0) is 6.07 Å². The quantitative estimate of drug-likeness (QED) is 0.623. The zero-order chi connectivity index (χ0) is 12.1. The van der Waals surface area contributed by atoms with Gasteiger partial charge in [0, 0.05) is 6.20 Å². The maximum atomic E-state index is 10.9. The Kier molecular flexibility index (Phi) is 3.72. The first-order valence-corrected chi connectivity index (χ1v) is 4.27. The number of nitrogens with zero attached hydrogens (tertiary/aromatic N) is 3. The second kappa shape index (κ2) is 5.03. The number of carboxylic acids is 1. The molecule has 0 aliphatic rings. The smallest absolute Gasteiger partial charge is 0.413 e. The van der Waals surface area contributed by atoms with Crippen molar-refractivity contribution in [2.75, 3.05) is 11.4 Å². The fourth-order valence-corrected chi connectivity index (χ4v) is 0.988. The minimum atomic E-state index is -1.32. The van der Waals surface area contributed by atoms with Crippen LogP contribution in [0.25, 0.3) is 0 Å². The Labute approximate surface area is 90.3 Å². The number of nitrogens with two attached hydrogens (primary N) is 1. The van der Waals surface area contributed by atoms with E-state index in [1.165, 1.54) is 12.3 Å². The molecule has 1 amide bonds. The van der Waals surface area contributed by atoms with Crippen molar-refractivity contribution in [1.82, 2.24) is 9.97 Å². The van der Waals surface area contributed by atoms with E-state index in [2.05, 4.69) is 9.97 Å². The molecule has 0 radical (unpaired) electrons. The first-order valence-electron chi connectivity index (χ1n) is 4.27. The van der Waals surface area contributed by atoms with Crippen molar-refractivity contribution < 1.29 is 19.8 Å². The van der Waals surface area contributed by atoms with Gasteiger partial charge in [0.15, 0.2) is 0 Å². The zero-order valence-corrected chi connectivity index (χ0v) is 8.15. The summed E-state index contributed by atoms with van der Waals surface area (Å²) in [6.07, 6.45) is 1.19. The molecule has 0 saturated carbocycles. The van der Waals surface area contributed by atoms with Crippen LogP contribution in [-0.4, -0.2) is 44.8 Å². The molecule has 0 spiro atoms. The number of hydrogen-bond donors (Lipinski definition) is 3. The van der Waals surface area contributed by atoms with Gasteiger partial charge in [0.05, 0.1) is 6.54 Å². The van der Waals surface area contributed by atoms with Gasteiger partial charge in [-0.15, -0.1) is 0 Å². The summed E-state index contributed by atoms with van der Waals surface area (Å²) in [5.41, 5.74) is 5.24. The van der Waals surface area contributed by atoms with E-state index in [-0.39, 0.29) is 12.4 Å². The molecule has 8 nitrogen and oxygen atoms in total. The van der Waals surface area contributed by atoms with Gasteiger partial charge in [0.25, 0.3) is 0 Å². The Morgan fingerprint density at radius 1 is 1.50 bits per heavy atom. The van der Waals surface area contributed by atoms with Gasteiger partial charge in [0.2, 0.25) is 0 Å². The summed E-state index contributed by atoms with van der Waals surface area (Å²) in [6.45, 7) is -0.373. The van der Waals surface area contributed by atoms with Crippen molar-refractivity contribution in [2.45, 2.75) is 6.04 Å². The summed E-state index contributed by atoms with van der Waals surface area (Å²) in [6, 6.07) is 0.0500. The van der Waals surface area contributed by atoms with Crippen molar-refractivity contribution in [3.8, 4) is 0 Å². The summed E-state index contributed by atoms with van der Waals surface area (Å²) < 4.78 is 0. The second-order valence-corrected chi connectivity index (χ2v) is 2.91.